The summed E-state index contributed by atoms with van der Waals surface area (Å²) < 4.78 is 7.84. The van der Waals surface area contributed by atoms with E-state index in [2.05, 4.69) is 30.8 Å². The SMILES string of the molecule is Cn1cnc2c(N3CCc4nc(OCCCN5CCCC5)ccc4C3)ncnc21. The number of nitrogens with zero attached hydrogens (tertiary/aromatic N) is 7. The summed E-state index contributed by atoms with van der Waals surface area (Å²) in [6.45, 7) is 5.98. The Morgan fingerprint density at radius 2 is 1.97 bits per heavy atom. The van der Waals surface area contributed by atoms with E-state index in [0.717, 1.165) is 67.6 Å². The van der Waals surface area contributed by atoms with Gasteiger partial charge in [0.05, 0.1) is 18.6 Å². The maximum atomic E-state index is 5.92. The Bertz CT molecular complexity index is 996. The smallest absolute Gasteiger partial charge is 0.213 e. The molecule has 5 rings (SSSR count). The molecule has 5 heterocycles. The standard InChI is InChI=1S/C21H27N7O/c1-26-15-24-19-20(26)22-14-23-21(19)28-11-7-17-16(13-28)5-6-18(25-17)29-12-4-10-27-8-2-3-9-27/h5-6,14-15H,2-4,7-13H2,1H3. The zero-order valence-corrected chi connectivity index (χ0v) is 16.9. The Hall–Kier alpha value is -2.74. The Morgan fingerprint density at radius 3 is 2.86 bits per heavy atom. The molecule has 0 atom stereocenters. The van der Waals surface area contributed by atoms with Crippen molar-refractivity contribution in [3.8, 4) is 5.88 Å². The number of hydrogen-bond acceptors (Lipinski definition) is 7. The van der Waals surface area contributed by atoms with Crippen LogP contribution in [0.25, 0.3) is 11.2 Å². The van der Waals surface area contributed by atoms with E-state index in [-0.39, 0.29) is 0 Å². The van der Waals surface area contributed by atoms with E-state index < -0.39 is 0 Å². The van der Waals surface area contributed by atoms with Crippen LogP contribution in [0.4, 0.5) is 5.82 Å². The molecular formula is C21H27N7O. The summed E-state index contributed by atoms with van der Waals surface area (Å²) in [6.07, 6.45) is 8.01. The van der Waals surface area contributed by atoms with Crippen LogP contribution in [0, 0.1) is 0 Å². The van der Waals surface area contributed by atoms with E-state index in [0.29, 0.717) is 0 Å². The minimum Gasteiger partial charge on any atom is -0.478 e. The summed E-state index contributed by atoms with van der Waals surface area (Å²) in [4.78, 5) is 22.9. The molecule has 0 spiro atoms. The quantitative estimate of drug-likeness (QED) is 0.595. The minimum absolute atomic E-state index is 0.729. The summed E-state index contributed by atoms with van der Waals surface area (Å²) >= 11 is 0. The molecule has 8 nitrogen and oxygen atoms in total. The molecule has 0 amide bonds. The van der Waals surface area contributed by atoms with E-state index in [1.807, 2.05) is 17.7 Å². The molecule has 0 N–H and O–H groups in total. The Morgan fingerprint density at radius 1 is 1.07 bits per heavy atom. The van der Waals surface area contributed by atoms with Crippen LogP contribution in [0.1, 0.15) is 30.5 Å². The van der Waals surface area contributed by atoms with Crippen molar-refractivity contribution in [3.05, 3.63) is 36.0 Å². The molecule has 3 aromatic heterocycles. The molecule has 0 aromatic carbocycles. The third kappa shape index (κ3) is 3.76. The van der Waals surface area contributed by atoms with Gasteiger partial charge in [0, 0.05) is 39.2 Å². The lowest BCUT2D eigenvalue weighted by atomic mass is 10.1. The largest absolute Gasteiger partial charge is 0.478 e. The average molecular weight is 393 g/mol. The molecule has 1 fully saturated rings. The summed E-state index contributed by atoms with van der Waals surface area (Å²) in [5.41, 5.74) is 4.06. The topological polar surface area (TPSA) is 72.2 Å². The first-order valence-corrected chi connectivity index (χ1v) is 10.5. The molecule has 152 valence electrons. The summed E-state index contributed by atoms with van der Waals surface area (Å²) in [5, 5.41) is 0. The van der Waals surface area contributed by atoms with Crippen molar-refractivity contribution in [1.82, 2.24) is 29.4 Å². The molecule has 0 unspecified atom stereocenters. The normalized spacial score (nSPS) is 17.1. The number of fused-ring (bicyclic) bond motifs is 2. The molecule has 29 heavy (non-hydrogen) atoms. The number of imidazole rings is 1. The van der Waals surface area contributed by atoms with Crippen LogP contribution in [-0.2, 0) is 20.0 Å². The second-order valence-electron chi connectivity index (χ2n) is 7.90. The van der Waals surface area contributed by atoms with Crippen molar-refractivity contribution < 1.29 is 4.74 Å². The highest BCUT2D eigenvalue weighted by Crippen LogP contribution is 2.27. The van der Waals surface area contributed by atoms with Crippen LogP contribution in [-0.4, -0.2) is 62.2 Å². The molecule has 8 heteroatoms. The first-order chi connectivity index (χ1) is 14.3. The minimum atomic E-state index is 0.729. The van der Waals surface area contributed by atoms with Crippen LogP contribution >= 0.6 is 0 Å². The lowest BCUT2D eigenvalue weighted by Gasteiger charge is -2.29. The van der Waals surface area contributed by atoms with Crippen LogP contribution in [0.2, 0.25) is 0 Å². The van der Waals surface area contributed by atoms with Crippen LogP contribution < -0.4 is 9.64 Å². The van der Waals surface area contributed by atoms with Crippen molar-refractivity contribution in [1.29, 1.82) is 0 Å². The molecule has 0 bridgehead atoms. The second-order valence-corrected chi connectivity index (χ2v) is 7.90. The van der Waals surface area contributed by atoms with E-state index in [1.165, 1.54) is 31.5 Å². The molecule has 2 aliphatic heterocycles. The maximum Gasteiger partial charge on any atom is 0.213 e. The summed E-state index contributed by atoms with van der Waals surface area (Å²) in [7, 11) is 1.95. The van der Waals surface area contributed by atoms with Gasteiger partial charge in [-0.05, 0) is 37.9 Å². The lowest BCUT2D eigenvalue weighted by Crippen LogP contribution is -2.32. The number of ether oxygens (including phenoxy) is 1. The van der Waals surface area contributed by atoms with Crippen molar-refractivity contribution in [2.45, 2.75) is 32.2 Å². The molecule has 2 aliphatic rings. The molecule has 3 aromatic rings. The third-order valence-corrected chi connectivity index (χ3v) is 5.87. The van der Waals surface area contributed by atoms with Gasteiger partial charge in [-0.15, -0.1) is 0 Å². The Labute approximate surface area is 170 Å². The number of aryl methyl sites for hydroxylation is 1. The fourth-order valence-electron chi connectivity index (χ4n) is 4.29. The van der Waals surface area contributed by atoms with Crippen molar-refractivity contribution >= 4 is 17.0 Å². The van der Waals surface area contributed by atoms with E-state index in [4.69, 9.17) is 9.72 Å². The first-order valence-electron chi connectivity index (χ1n) is 10.5. The fraction of sp³-hybridized carbons (Fsp3) is 0.524. The van der Waals surface area contributed by atoms with Crippen molar-refractivity contribution in [3.63, 3.8) is 0 Å². The monoisotopic (exact) mass is 393 g/mol. The Kier molecular flexibility index (Phi) is 5.01. The highest BCUT2D eigenvalue weighted by atomic mass is 16.5. The predicted octanol–water partition coefficient (Wildman–Crippen LogP) is 2.19. The van der Waals surface area contributed by atoms with Crippen LogP contribution in [0.3, 0.4) is 0 Å². The van der Waals surface area contributed by atoms with Gasteiger partial charge >= 0.3 is 0 Å². The summed E-state index contributed by atoms with van der Waals surface area (Å²) in [5.74, 6) is 1.64. The van der Waals surface area contributed by atoms with Gasteiger partial charge in [0.1, 0.15) is 6.33 Å². The predicted molar refractivity (Wildman–Crippen MR) is 111 cm³/mol. The number of aromatic nitrogens is 5. The summed E-state index contributed by atoms with van der Waals surface area (Å²) in [6, 6.07) is 4.13. The third-order valence-electron chi connectivity index (χ3n) is 5.87. The van der Waals surface area contributed by atoms with Gasteiger partial charge < -0.3 is 19.1 Å². The van der Waals surface area contributed by atoms with Gasteiger partial charge in [-0.2, -0.15) is 0 Å². The van der Waals surface area contributed by atoms with Gasteiger partial charge in [0.15, 0.2) is 17.0 Å². The molecule has 1 saturated heterocycles. The zero-order valence-electron chi connectivity index (χ0n) is 16.9. The molecular weight excluding hydrogens is 366 g/mol. The van der Waals surface area contributed by atoms with Gasteiger partial charge in [-0.3, -0.25) is 0 Å². The van der Waals surface area contributed by atoms with E-state index in [9.17, 15) is 0 Å². The number of likely N-dealkylation sites (tertiary alicyclic amines) is 1. The first kappa shape index (κ1) is 18.3. The van der Waals surface area contributed by atoms with E-state index in [1.54, 1.807) is 12.7 Å². The molecule has 0 saturated carbocycles. The fourth-order valence-corrected chi connectivity index (χ4v) is 4.29. The molecule has 0 aliphatic carbocycles. The van der Waals surface area contributed by atoms with Gasteiger partial charge in [0.2, 0.25) is 5.88 Å². The number of rotatable bonds is 6. The van der Waals surface area contributed by atoms with Gasteiger partial charge in [-0.1, -0.05) is 6.07 Å². The molecule has 0 radical (unpaired) electrons. The Balaban J connectivity index is 1.23. The number of anilines is 1. The number of hydrogen-bond donors (Lipinski definition) is 0. The van der Waals surface area contributed by atoms with Crippen molar-refractivity contribution in [2.75, 3.05) is 37.7 Å². The highest BCUT2D eigenvalue weighted by molar-refractivity contribution is 5.83. The van der Waals surface area contributed by atoms with E-state index >= 15 is 0 Å². The van der Waals surface area contributed by atoms with Crippen LogP contribution in [0.5, 0.6) is 5.88 Å². The maximum absolute atomic E-state index is 5.92. The van der Waals surface area contributed by atoms with Crippen molar-refractivity contribution in [2.24, 2.45) is 7.05 Å². The van der Waals surface area contributed by atoms with Crippen LogP contribution in [0.15, 0.2) is 24.8 Å². The lowest BCUT2D eigenvalue weighted by molar-refractivity contribution is 0.256. The highest BCUT2D eigenvalue weighted by Gasteiger charge is 2.22. The number of pyridine rings is 1. The second kappa shape index (κ2) is 7.94. The average Bonchev–Trinajstić information content (AvgIpc) is 3.41. The van der Waals surface area contributed by atoms with Gasteiger partial charge in [-0.25, -0.2) is 19.9 Å². The zero-order chi connectivity index (χ0) is 19.6. The van der Waals surface area contributed by atoms with Gasteiger partial charge in [0.25, 0.3) is 0 Å².